The molecule has 0 unspecified atom stereocenters. The van der Waals surface area contributed by atoms with E-state index >= 15 is 0 Å². The second-order valence-corrected chi connectivity index (χ2v) is 5.16. The summed E-state index contributed by atoms with van der Waals surface area (Å²) in [6.45, 7) is 0.172. The topological polar surface area (TPSA) is 35.0 Å². The standard InChI is InChI=1S/C9H5BrClFN2OS/c10-5-1-6(12)3-7(2-5)15-4-8-9(11)16-14-13-8/h1-3H,4H2. The second-order valence-electron chi connectivity index (χ2n) is 2.89. The quantitative estimate of drug-likeness (QED) is 0.864. The lowest BCUT2D eigenvalue weighted by Gasteiger charge is -2.04. The molecule has 1 heterocycles. The maximum atomic E-state index is 13.0. The van der Waals surface area contributed by atoms with E-state index in [1.165, 1.54) is 12.1 Å². The summed E-state index contributed by atoms with van der Waals surface area (Å²) in [5, 5.41) is 3.78. The number of aromatic nitrogens is 2. The van der Waals surface area contributed by atoms with Crippen LogP contribution in [0, 0.1) is 5.82 Å². The van der Waals surface area contributed by atoms with Crippen molar-refractivity contribution in [2.75, 3.05) is 0 Å². The highest BCUT2D eigenvalue weighted by Gasteiger charge is 2.07. The summed E-state index contributed by atoms with van der Waals surface area (Å²) in [5.74, 6) is 0.0443. The summed E-state index contributed by atoms with van der Waals surface area (Å²) in [5.41, 5.74) is 0.548. The van der Waals surface area contributed by atoms with Crippen molar-refractivity contribution in [1.82, 2.24) is 9.59 Å². The average Bonchev–Trinajstić information content (AvgIpc) is 2.59. The first-order chi connectivity index (χ1) is 7.65. The minimum atomic E-state index is -0.369. The molecule has 2 rings (SSSR count). The molecule has 1 aromatic heterocycles. The van der Waals surface area contributed by atoms with Crippen molar-refractivity contribution < 1.29 is 9.13 Å². The molecule has 84 valence electrons. The van der Waals surface area contributed by atoms with Crippen LogP contribution < -0.4 is 4.74 Å². The Morgan fingerprint density at radius 2 is 2.25 bits per heavy atom. The van der Waals surface area contributed by atoms with Crippen molar-refractivity contribution in [2.24, 2.45) is 0 Å². The zero-order valence-electron chi connectivity index (χ0n) is 7.78. The Morgan fingerprint density at radius 3 is 2.88 bits per heavy atom. The normalized spacial score (nSPS) is 10.4. The van der Waals surface area contributed by atoms with Crippen molar-refractivity contribution in [2.45, 2.75) is 6.61 Å². The highest BCUT2D eigenvalue weighted by atomic mass is 79.9. The molecule has 7 heteroatoms. The van der Waals surface area contributed by atoms with Crippen LogP contribution in [0.15, 0.2) is 22.7 Å². The van der Waals surface area contributed by atoms with Crippen molar-refractivity contribution >= 4 is 39.1 Å². The summed E-state index contributed by atoms with van der Waals surface area (Å²) in [4.78, 5) is 0. The highest BCUT2D eigenvalue weighted by molar-refractivity contribution is 9.10. The van der Waals surface area contributed by atoms with Crippen LogP contribution in [0.1, 0.15) is 5.69 Å². The SMILES string of the molecule is Fc1cc(Br)cc(OCc2nnsc2Cl)c1. The van der Waals surface area contributed by atoms with Gasteiger partial charge in [-0.1, -0.05) is 32.0 Å². The first-order valence-corrected chi connectivity index (χ1v) is 6.15. The Hall–Kier alpha value is -0.720. The first kappa shape index (κ1) is 11.8. The molecular weight excluding hydrogens is 319 g/mol. The largest absolute Gasteiger partial charge is 0.487 e. The fourth-order valence-corrected chi connectivity index (χ4v) is 2.09. The van der Waals surface area contributed by atoms with E-state index in [0.29, 0.717) is 20.3 Å². The fraction of sp³-hybridized carbons (Fsp3) is 0.111. The molecular formula is C9H5BrClFN2OS. The minimum absolute atomic E-state index is 0.172. The van der Waals surface area contributed by atoms with E-state index in [-0.39, 0.29) is 12.4 Å². The lowest BCUT2D eigenvalue weighted by molar-refractivity contribution is 0.299. The van der Waals surface area contributed by atoms with Crippen molar-refractivity contribution in [3.8, 4) is 5.75 Å². The summed E-state index contributed by atoms with van der Waals surface area (Å²) in [7, 11) is 0. The summed E-state index contributed by atoms with van der Waals surface area (Å²) >= 11 is 10.1. The van der Waals surface area contributed by atoms with Gasteiger partial charge >= 0.3 is 0 Å². The van der Waals surface area contributed by atoms with Gasteiger partial charge in [-0.05, 0) is 12.1 Å². The fourth-order valence-electron chi connectivity index (χ4n) is 1.05. The number of hydrogen-bond donors (Lipinski definition) is 0. The third-order valence-electron chi connectivity index (χ3n) is 1.72. The molecule has 0 atom stereocenters. The Balaban J connectivity index is 2.07. The van der Waals surface area contributed by atoms with Gasteiger partial charge in [0, 0.05) is 22.1 Å². The molecule has 0 saturated carbocycles. The van der Waals surface area contributed by atoms with Crippen LogP contribution >= 0.6 is 39.1 Å². The van der Waals surface area contributed by atoms with Crippen molar-refractivity contribution in [3.63, 3.8) is 0 Å². The van der Waals surface area contributed by atoms with Gasteiger partial charge in [-0.25, -0.2) is 4.39 Å². The Labute approximate surface area is 108 Å². The number of ether oxygens (including phenoxy) is 1. The second kappa shape index (κ2) is 5.07. The van der Waals surface area contributed by atoms with Gasteiger partial charge in [0.2, 0.25) is 0 Å². The first-order valence-electron chi connectivity index (χ1n) is 4.21. The molecule has 0 aliphatic carbocycles. The maximum Gasteiger partial charge on any atom is 0.141 e. The van der Waals surface area contributed by atoms with Crippen LogP contribution in [-0.2, 0) is 6.61 Å². The predicted molar refractivity (Wildman–Crippen MR) is 63.4 cm³/mol. The number of benzene rings is 1. The Morgan fingerprint density at radius 1 is 1.44 bits per heavy atom. The lowest BCUT2D eigenvalue weighted by atomic mass is 10.3. The molecule has 0 N–H and O–H groups in total. The summed E-state index contributed by atoms with van der Waals surface area (Å²) < 4.78 is 23.1. The number of halogens is 3. The van der Waals surface area contributed by atoms with Crippen LogP contribution in [0.2, 0.25) is 4.34 Å². The van der Waals surface area contributed by atoms with E-state index in [1.54, 1.807) is 6.07 Å². The molecule has 0 amide bonds. The van der Waals surface area contributed by atoms with E-state index in [9.17, 15) is 4.39 Å². The van der Waals surface area contributed by atoms with Crippen molar-refractivity contribution in [3.05, 3.63) is 38.5 Å². The van der Waals surface area contributed by atoms with Gasteiger partial charge in [0.15, 0.2) is 0 Å². The molecule has 0 spiro atoms. The van der Waals surface area contributed by atoms with Gasteiger partial charge in [0.05, 0.1) is 0 Å². The van der Waals surface area contributed by atoms with Crippen LogP contribution in [0.5, 0.6) is 5.75 Å². The third kappa shape index (κ3) is 2.90. The van der Waals surface area contributed by atoms with Crippen molar-refractivity contribution in [1.29, 1.82) is 0 Å². The molecule has 0 radical (unpaired) electrons. The van der Waals surface area contributed by atoms with E-state index in [2.05, 4.69) is 25.5 Å². The van der Waals surface area contributed by atoms with Gasteiger partial charge in [0.25, 0.3) is 0 Å². The molecule has 3 nitrogen and oxygen atoms in total. The molecule has 2 aromatic rings. The van der Waals surface area contributed by atoms with Gasteiger partial charge in [-0.15, -0.1) is 5.10 Å². The zero-order chi connectivity index (χ0) is 11.5. The molecule has 0 bridgehead atoms. The molecule has 1 aromatic carbocycles. The molecule has 0 aliphatic heterocycles. The maximum absolute atomic E-state index is 13.0. The lowest BCUT2D eigenvalue weighted by Crippen LogP contribution is -1.97. The van der Waals surface area contributed by atoms with E-state index in [0.717, 1.165) is 11.5 Å². The summed E-state index contributed by atoms with van der Waals surface area (Å²) in [6, 6.07) is 4.31. The average molecular weight is 324 g/mol. The Bertz CT molecular complexity index is 488. The minimum Gasteiger partial charge on any atom is -0.487 e. The molecule has 16 heavy (non-hydrogen) atoms. The monoisotopic (exact) mass is 322 g/mol. The molecule has 0 fully saturated rings. The zero-order valence-corrected chi connectivity index (χ0v) is 10.9. The molecule has 0 aliphatic rings. The molecule has 0 saturated heterocycles. The van der Waals surface area contributed by atoms with Crippen LogP contribution in [-0.4, -0.2) is 9.59 Å². The number of nitrogens with zero attached hydrogens (tertiary/aromatic N) is 2. The van der Waals surface area contributed by atoms with Crippen LogP contribution in [0.25, 0.3) is 0 Å². The van der Waals surface area contributed by atoms with E-state index in [4.69, 9.17) is 16.3 Å². The summed E-state index contributed by atoms with van der Waals surface area (Å²) in [6.07, 6.45) is 0. The number of hydrogen-bond acceptors (Lipinski definition) is 4. The smallest absolute Gasteiger partial charge is 0.141 e. The highest BCUT2D eigenvalue weighted by Crippen LogP contribution is 2.23. The van der Waals surface area contributed by atoms with Crippen LogP contribution in [0.4, 0.5) is 4.39 Å². The van der Waals surface area contributed by atoms with Gasteiger partial charge in [0.1, 0.15) is 28.2 Å². The van der Waals surface area contributed by atoms with Crippen LogP contribution in [0.3, 0.4) is 0 Å². The number of rotatable bonds is 3. The predicted octanol–water partition coefficient (Wildman–Crippen LogP) is 3.67. The van der Waals surface area contributed by atoms with Gasteiger partial charge in [-0.2, -0.15) is 0 Å². The van der Waals surface area contributed by atoms with E-state index in [1.807, 2.05) is 0 Å². The Kier molecular flexibility index (Phi) is 3.73. The van der Waals surface area contributed by atoms with Gasteiger partial charge < -0.3 is 4.74 Å². The van der Waals surface area contributed by atoms with E-state index < -0.39 is 0 Å². The third-order valence-corrected chi connectivity index (χ3v) is 3.16. The van der Waals surface area contributed by atoms with Gasteiger partial charge in [-0.3, -0.25) is 0 Å².